The van der Waals surface area contributed by atoms with Crippen LogP contribution in [-0.4, -0.2) is 47.8 Å². The number of benzene rings is 1. The predicted molar refractivity (Wildman–Crippen MR) is 117 cm³/mol. The molecule has 0 saturated carbocycles. The largest absolute Gasteiger partial charge is 0.441 e. The Bertz CT molecular complexity index is 849. The van der Waals surface area contributed by atoms with Gasteiger partial charge in [0.05, 0.1) is 18.5 Å². The summed E-state index contributed by atoms with van der Waals surface area (Å²) in [5.74, 6) is 1.59. The second-order valence-electron chi connectivity index (χ2n) is 8.51. The fourth-order valence-corrected chi connectivity index (χ4v) is 3.72. The molecule has 6 heteroatoms. The fraction of sp³-hybridized carbons (Fsp3) is 0.542. The van der Waals surface area contributed by atoms with Gasteiger partial charge in [0.1, 0.15) is 11.5 Å². The summed E-state index contributed by atoms with van der Waals surface area (Å²) < 4.78 is 5.72. The molecule has 2 aromatic rings. The number of piperidine rings is 1. The van der Waals surface area contributed by atoms with E-state index in [9.17, 15) is 9.59 Å². The lowest BCUT2D eigenvalue weighted by atomic mass is 9.99. The maximum absolute atomic E-state index is 12.3. The second kappa shape index (κ2) is 10.5. The van der Waals surface area contributed by atoms with Gasteiger partial charge in [-0.15, -0.1) is 0 Å². The summed E-state index contributed by atoms with van der Waals surface area (Å²) in [5.41, 5.74) is 2.64. The van der Waals surface area contributed by atoms with Crippen LogP contribution in [0, 0.1) is 19.8 Å². The minimum atomic E-state index is -0.216. The SMILES string of the molecule is Cc1ccc(-c2nc(CC(=O)CC(=O)NCCCN3CCC(C)CC3)c(C)o2)cc1. The van der Waals surface area contributed by atoms with Crippen LogP contribution in [0.25, 0.3) is 11.5 Å². The number of nitrogens with zero attached hydrogens (tertiary/aromatic N) is 2. The van der Waals surface area contributed by atoms with E-state index in [4.69, 9.17) is 4.42 Å². The highest BCUT2D eigenvalue weighted by atomic mass is 16.4. The monoisotopic (exact) mass is 411 g/mol. The van der Waals surface area contributed by atoms with Gasteiger partial charge in [-0.1, -0.05) is 24.6 Å². The number of nitrogens with one attached hydrogen (secondary N) is 1. The lowest BCUT2D eigenvalue weighted by Crippen LogP contribution is -2.35. The molecule has 1 amide bonds. The molecule has 0 aliphatic carbocycles. The number of aryl methyl sites for hydroxylation is 2. The van der Waals surface area contributed by atoms with Crippen molar-refractivity contribution in [2.24, 2.45) is 5.92 Å². The topological polar surface area (TPSA) is 75.4 Å². The van der Waals surface area contributed by atoms with E-state index < -0.39 is 0 Å². The van der Waals surface area contributed by atoms with E-state index in [2.05, 4.69) is 22.1 Å². The van der Waals surface area contributed by atoms with Gasteiger partial charge in [0.25, 0.3) is 0 Å². The van der Waals surface area contributed by atoms with Gasteiger partial charge in [-0.25, -0.2) is 4.98 Å². The molecule has 30 heavy (non-hydrogen) atoms. The van der Waals surface area contributed by atoms with Gasteiger partial charge in [0.15, 0.2) is 0 Å². The third-order valence-electron chi connectivity index (χ3n) is 5.76. The van der Waals surface area contributed by atoms with Crippen LogP contribution >= 0.6 is 0 Å². The molecule has 0 atom stereocenters. The first-order valence-corrected chi connectivity index (χ1v) is 10.9. The van der Waals surface area contributed by atoms with E-state index in [-0.39, 0.29) is 24.5 Å². The summed E-state index contributed by atoms with van der Waals surface area (Å²) in [6, 6.07) is 7.89. The van der Waals surface area contributed by atoms with Gasteiger partial charge in [-0.05, 0) is 70.8 Å². The zero-order valence-corrected chi connectivity index (χ0v) is 18.4. The molecule has 1 aromatic heterocycles. The summed E-state index contributed by atoms with van der Waals surface area (Å²) in [7, 11) is 0. The van der Waals surface area contributed by atoms with Crippen molar-refractivity contribution in [3.63, 3.8) is 0 Å². The molecule has 1 aromatic carbocycles. The van der Waals surface area contributed by atoms with Crippen molar-refractivity contribution in [1.29, 1.82) is 0 Å². The van der Waals surface area contributed by atoms with Gasteiger partial charge >= 0.3 is 0 Å². The summed E-state index contributed by atoms with van der Waals surface area (Å²) >= 11 is 0. The molecule has 1 saturated heterocycles. The van der Waals surface area contributed by atoms with E-state index in [0.717, 1.165) is 43.1 Å². The Balaban J connectivity index is 1.39. The second-order valence-corrected chi connectivity index (χ2v) is 8.51. The summed E-state index contributed by atoms with van der Waals surface area (Å²) in [6.07, 6.45) is 3.42. The Labute approximate surface area is 179 Å². The van der Waals surface area contributed by atoms with Crippen molar-refractivity contribution in [2.75, 3.05) is 26.2 Å². The number of aromatic nitrogens is 1. The van der Waals surface area contributed by atoms with Gasteiger partial charge in [-0.2, -0.15) is 0 Å². The number of rotatable bonds is 9. The van der Waals surface area contributed by atoms with Crippen molar-refractivity contribution >= 4 is 11.7 Å². The Morgan fingerprint density at radius 2 is 1.87 bits per heavy atom. The number of carbonyl (C=O) groups is 2. The summed E-state index contributed by atoms with van der Waals surface area (Å²) in [6.45, 7) is 10.0. The Morgan fingerprint density at radius 1 is 1.17 bits per heavy atom. The zero-order chi connectivity index (χ0) is 21.5. The van der Waals surface area contributed by atoms with E-state index in [1.807, 2.05) is 31.2 Å². The van der Waals surface area contributed by atoms with Crippen LogP contribution in [0.15, 0.2) is 28.7 Å². The Morgan fingerprint density at radius 3 is 2.57 bits per heavy atom. The zero-order valence-electron chi connectivity index (χ0n) is 18.4. The number of oxazole rings is 1. The Kier molecular flexibility index (Phi) is 7.80. The molecule has 0 spiro atoms. The highest BCUT2D eigenvalue weighted by Gasteiger charge is 2.17. The van der Waals surface area contributed by atoms with Crippen LogP contribution in [0.5, 0.6) is 0 Å². The maximum Gasteiger partial charge on any atom is 0.227 e. The maximum atomic E-state index is 12.3. The summed E-state index contributed by atoms with van der Waals surface area (Å²) in [5, 5.41) is 2.87. The van der Waals surface area contributed by atoms with Gasteiger partial charge < -0.3 is 14.6 Å². The number of hydrogen-bond donors (Lipinski definition) is 1. The van der Waals surface area contributed by atoms with E-state index in [1.165, 1.54) is 12.8 Å². The number of carbonyl (C=O) groups excluding carboxylic acids is 2. The average Bonchev–Trinajstić information content (AvgIpc) is 3.07. The van der Waals surface area contributed by atoms with Crippen LogP contribution in [0.2, 0.25) is 0 Å². The van der Waals surface area contributed by atoms with E-state index in [0.29, 0.717) is 23.9 Å². The van der Waals surface area contributed by atoms with Crippen molar-refractivity contribution in [3.05, 3.63) is 41.3 Å². The van der Waals surface area contributed by atoms with E-state index >= 15 is 0 Å². The first kappa shape index (κ1) is 22.2. The van der Waals surface area contributed by atoms with Gasteiger partial charge in [-0.3, -0.25) is 9.59 Å². The average molecular weight is 412 g/mol. The minimum absolute atomic E-state index is 0.112. The van der Waals surface area contributed by atoms with Crippen molar-refractivity contribution in [3.8, 4) is 11.5 Å². The van der Waals surface area contributed by atoms with Gasteiger partial charge in [0, 0.05) is 12.1 Å². The quantitative estimate of drug-likeness (QED) is 0.503. The van der Waals surface area contributed by atoms with E-state index in [1.54, 1.807) is 6.92 Å². The molecule has 162 valence electrons. The molecule has 1 aliphatic heterocycles. The van der Waals surface area contributed by atoms with Crippen LogP contribution in [-0.2, 0) is 16.0 Å². The number of hydrogen-bond acceptors (Lipinski definition) is 5. The first-order valence-electron chi connectivity index (χ1n) is 10.9. The van der Waals surface area contributed by atoms with Crippen LogP contribution in [0.4, 0.5) is 0 Å². The molecule has 1 aliphatic rings. The molecule has 1 N–H and O–H groups in total. The molecule has 2 heterocycles. The number of Topliss-reactive ketones (excluding diaryl/α,β-unsaturated/α-hetero) is 1. The van der Waals surface area contributed by atoms with Crippen molar-refractivity contribution in [1.82, 2.24) is 15.2 Å². The number of likely N-dealkylation sites (tertiary alicyclic amines) is 1. The smallest absolute Gasteiger partial charge is 0.227 e. The molecule has 1 fully saturated rings. The molecule has 6 nitrogen and oxygen atoms in total. The lowest BCUT2D eigenvalue weighted by molar-refractivity contribution is -0.127. The first-order chi connectivity index (χ1) is 14.4. The number of ketones is 1. The molecule has 3 rings (SSSR count). The standard InChI is InChI=1S/C24H33N3O3/c1-17-5-7-20(8-6-17)24-26-22(19(3)30-24)15-21(28)16-23(29)25-11-4-12-27-13-9-18(2)10-14-27/h5-8,18H,4,9-16H2,1-3H3,(H,25,29). The highest BCUT2D eigenvalue weighted by Crippen LogP contribution is 2.22. The van der Waals surface area contributed by atoms with Crippen LogP contribution in [0.1, 0.15) is 49.6 Å². The van der Waals surface area contributed by atoms with Gasteiger partial charge in [0.2, 0.25) is 11.8 Å². The van der Waals surface area contributed by atoms with Crippen LogP contribution in [0.3, 0.4) is 0 Å². The fourth-order valence-electron chi connectivity index (χ4n) is 3.72. The molecule has 0 unspecified atom stereocenters. The molecule has 0 radical (unpaired) electrons. The Hall–Kier alpha value is -2.47. The minimum Gasteiger partial charge on any atom is -0.441 e. The molecular formula is C24H33N3O3. The normalized spacial score (nSPS) is 15.3. The number of amides is 1. The van der Waals surface area contributed by atoms with Crippen LogP contribution < -0.4 is 5.32 Å². The summed E-state index contributed by atoms with van der Waals surface area (Å²) in [4.78, 5) is 31.3. The lowest BCUT2D eigenvalue weighted by Gasteiger charge is -2.30. The molecule has 0 bridgehead atoms. The van der Waals surface area contributed by atoms with Crippen molar-refractivity contribution < 1.29 is 14.0 Å². The van der Waals surface area contributed by atoms with Crippen molar-refractivity contribution in [2.45, 2.75) is 52.9 Å². The predicted octanol–water partition coefficient (Wildman–Crippen LogP) is 3.70. The third kappa shape index (κ3) is 6.52. The third-order valence-corrected chi connectivity index (χ3v) is 5.76. The molecular weight excluding hydrogens is 378 g/mol. The highest BCUT2D eigenvalue weighted by molar-refractivity contribution is 5.98.